The lowest BCUT2D eigenvalue weighted by Gasteiger charge is -2.28. The average molecular weight is 449 g/mol. The van der Waals surface area contributed by atoms with Crippen LogP contribution in [-0.4, -0.2) is 41.2 Å². The summed E-state index contributed by atoms with van der Waals surface area (Å²) in [7, 11) is 1.69. The summed E-state index contributed by atoms with van der Waals surface area (Å²) in [6.07, 6.45) is 4.35. The van der Waals surface area contributed by atoms with Gasteiger partial charge in [-0.15, -0.1) is 0 Å². The zero-order valence-corrected chi connectivity index (χ0v) is 19.4. The Morgan fingerprint density at radius 2 is 1.73 bits per heavy atom. The lowest BCUT2D eigenvalue weighted by atomic mass is 9.82. The van der Waals surface area contributed by atoms with Gasteiger partial charge >= 0.3 is 5.97 Å². The van der Waals surface area contributed by atoms with Gasteiger partial charge in [0.15, 0.2) is 0 Å². The van der Waals surface area contributed by atoms with Crippen LogP contribution in [0.25, 0.3) is 22.4 Å². The van der Waals surface area contributed by atoms with Crippen molar-refractivity contribution in [3.63, 3.8) is 0 Å². The summed E-state index contributed by atoms with van der Waals surface area (Å²) in [5.41, 5.74) is 5.52. The van der Waals surface area contributed by atoms with E-state index in [1.165, 1.54) is 0 Å². The van der Waals surface area contributed by atoms with Crippen molar-refractivity contribution in [2.24, 2.45) is 11.8 Å². The van der Waals surface area contributed by atoms with E-state index in [1.807, 2.05) is 30.3 Å². The van der Waals surface area contributed by atoms with Crippen LogP contribution < -0.4 is 4.74 Å². The van der Waals surface area contributed by atoms with Crippen molar-refractivity contribution >= 4 is 5.97 Å². The van der Waals surface area contributed by atoms with Crippen molar-refractivity contribution in [2.45, 2.75) is 39.2 Å². The third-order valence-corrected chi connectivity index (χ3v) is 6.59. The molecular formula is C27H32N2O4. The Balaban J connectivity index is 1.54. The van der Waals surface area contributed by atoms with E-state index in [9.17, 15) is 4.79 Å². The smallest absolute Gasteiger partial charge is 0.329 e. The second kappa shape index (κ2) is 10.7. The Kier molecular flexibility index (Phi) is 7.45. The average Bonchev–Trinajstić information content (AvgIpc) is 3.16. The van der Waals surface area contributed by atoms with Gasteiger partial charge in [0.25, 0.3) is 0 Å². The molecule has 1 aliphatic carbocycles. The topological polar surface area (TPSA) is 73.6 Å². The van der Waals surface area contributed by atoms with Gasteiger partial charge in [0.05, 0.1) is 13.7 Å². The number of rotatable bonds is 9. The standard InChI is InChI=1S/C27H32N2O4/c1-19-26(23-9-6-10-24(15-23)32-2)27(22-7-4-3-5-8-22)28-29(19)16-20-11-13-21(14-12-20)17-33-18-25(30)31/h3-10,15,20-21H,11-14,16-18H2,1-2H3,(H,30,31)/t20-,21+. The van der Waals surface area contributed by atoms with E-state index < -0.39 is 5.97 Å². The number of carboxylic acid groups (broad SMARTS) is 1. The zero-order valence-electron chi connectivity index (χ0n) is 19.4. The van der Waals surface area contributed by atoms with Gasteiger partial charge in [-0.3, -0.25) is 4.68 Å². The molecule has 0 amide bonds. The fourth-order valence-corrected chi connectivity index (χ4v) is 4.78. The molecule has 33 heavy (non-hydrogen) atoms. The summed E-state index contributed by atoms with van der Waals surface area (Å²) < 4.78 is 13.0. The second-order valence-electron chi connectivity index (χ2n) is 8.88. The molecule has 4 rings (SSSR count). The quantitative estimate of drug-likeness (QED) is 0.472. The van der Waals surface area contributed by atoms with E-state index in [4.69, 9.17) is 19.7 Å². The van der Waals surface area contributed by atoms with Crippen molar-refractivity contribution in [2.75, 3.05) is 20.3 Å². The predicted octanol–water partition coefficient (Wildman–Crippen LogP) is 5.44. The summed E-state index contributed by atoms with van der Waals surface area (Å²) in [5, 5.41) is 13.8. The van der Waals surface area contributed by atoms with Gasteiger partial charge < -0.3 is 14.6 Å². The molecule has 1 N–H and O–H groups in total. The number of hydrogen-bond donors (Lipinski definition) is 1. The number of methoxy groups -OCH3 is 1. The van der Waals surface area contributed by atoms with Crippen LogP contribution in [0.1, 0.15) is 31.4 Å². The molecule has 0 saturated heterocycles. The molecule has 2 aromatic carbocycles. The van der Waals surface area contributed by atoms with Crippen LogP contribution in [0.4, 0.5) is 0 Å². The van der Waals surface area contributed by atoms with Gasteiger partial charge in [0, 0.05) is 23.4 Å². The van der Waals surface area contributed by atoms with Crippen LogP contribution in [-0.2, 0) is 16.1 Å². The van der Waals surface area contributed by atoms with Crippen molar-refractivity contribution in [3.05, 3.63) is 60.3 Å². The lowest BCUT2D eigenvalue weighted by molar-refractivity contribution is -0.142. The molecule has 1 fully saturated rings. The van der Waals surface area contributed by atoms with Gasteiger partial charge in [-0.05, 0) is 62.1 Å². The molecular weight excluding hydrogens is 416 g/mol. The molecule has 174 valence electrons. The van der Waals surface area contributed by atoms with Gasteiger partial charge in [0.1, 0.15) is 18.1 Å². The number of ether oxygens (including phenoxy) is 2. The van der Waals surface area contributed by atoms with Crippen LogP contribution in [0, 0.1) is 18.8 Å². The fourth-order valence-electron chi connectivity index (χ4n) is 4.78. The molecule has 0 atom stereocenters. The number of aliphatic carboxylic acids is 1. The van der Waals surface area contributed by atoms with E-state index in [0.717, 1.165) is 66.1 Å². The van der Waals surface area contributed by atoms with Crippen LogP contribution in [0.15, 0.2) is 54.6 Å². The first kappa shape index (κ1) is 23.1. The first-order valence-electron chi connectivity index (χ1n) is 11.6. The monoisotopic (exact) mass is 448 g/mol. The van der Waals surface area contributed by atoms with E-state index in [2.05, 4.69) is 35.9 Å². The Bertz CT molecular complexity index is 1070. The molecule has 1 aliphatic rings. The number of benzene rings is 2. The minimum atomic E-state index is -0.904. The highest BCUT2D eigenvalue weighted by Crippen LogP contribution is 2.37. The lowest BCUT2D eigenvalue weighted by Crippen LogP contribution is -2.23. The summed E-state index contributed by atoms with van der Waals surface area (Å²) in [6, 6.07) is 18.5. The van der Waals surface area contributed by atoms with Crippen molar-refractivity contribution in [3.8, 4) is 28.1 Å². The molecule has 0 unspecified atom stereocenters. The zero-order chi connectivity index (χ0) is 23.2. The van der Waals surface area contributed by atoms with Crippen molar-refractivity contribution < 1.29 is 19.4 Å². The second-order valence-corrected chi connectivity index (χ2v) is 8.88. The fraction of sp³-hybridized carbons (Fsp3) is 0.407. The Hall–Kier alpha value is -3.12. The first-order chi connectivity index (χ1) is 16.0. The van der Waals surface area contributed by atoms with E-state index in [-0.39, 0.29) is 6.61 Å². The third kappa shape index (κ3) is 5.63. The normalized spacial score (nSPS) is 18.2. The number of nitrogens with zero attached hydrogens (tertiary/aromatic N) is 2. The largest absolute Gasteiger partial charge is 0.497 e. The third-order valence-electron chi connectivity index (χ3n) is 6.59. The minimum Gasteiger partial charge on any atom is -0.497 e. The molecule has 0 bridgehead atoms. The molecule has 1 aromatic heterocycles. The summed E-state index contributed by atoms with van der Waals surface area (Å²) in [5.74, 6) is 0.939. The highest BCUT2D eigenvalue weighted by molar-refractivity contribution is 5.83. The van der Waals surface area contributed by atoms with Gasteiger partial charge in [-0.2, -0.15) is 5.10 Å². The number of carbonyl (C=O) groups is 1. The summed E-state index contributed by atoms with van der Waals surface area (Å²) in [4.78, 5) is 10.7. The maximum absolute atomic E-state index is 10.7. The predicted molar refractivity (Wildman–Crippen MR) is 128 cm³/mol. The molecule has 3 aromatic rings. The molecule has 0 aliphatic heterocycles. The Morgan fingerprint density at radius 3 is 2.42 bits per heavy atom. The molecule has 0 radical (unpaired) electrons. The van der Waals surface area contributed by atoms with E-state index in [0.29, 0.717) is 18.4 Å². The maximum Gasteiger partial charge on any atom is 0.329 e. The molecule has 0 spiro atoms. The highest BCUT2D eigenvalue weighted by Gasteiger charge is 2.25. The summed E-state index contributed by atoms with van der Waals surface area (Å²) in [6.45, 7) is 3.37. The van der Waals surface area contributed by atoms with Crippen LogP contribution in [0.3, 0.4) is 0 Å². The Labute approximate surface area is 195 Å². The maximum atomic E-state index is 10.7. The van der Waals surface area contributed by atoms with Crippen LogP contribution in [0.5, 0.6) is 5.75 Å². The first-order valence-corrected chi connectivity index (χ1v) is 11.6. The molecule has 6 nitrogen and oxygen atoms in total. The van der Waals surface area contributed by atoms with Crippen LogP contribution >= 0.6 is 0 Å². The molecule has 1 heterocycles. The van der Waals surface area contributed by atoms with Crippen molar-refractivity contribution in [1.29, 1.82) is 0 Å². The van der Waals surface area contributed by atoms with Crippen molar-refractivity contribution in [1.82, 2.24) is 9.78 Å². The summed E-state index contributed by atoms with van der Waals surface area (Å²) >= 11 is 0. The Morgan fingerprint density at radius 1 is 1.03 bits per heavy atom. The number of carboxylic acids is 1. The van der Waals surface area contributed by atoms with Gasteiger partial charge in [0.2, 0.25) is 0 Å². The van der Waals surface area contributed by atoms with E-state index in [1.54, 1.807) is 7.11 Å². The minimum absolute atomic E-state index is 0.207. The van der Waals surface area contributed by atoms with E-state index >= 15 is 0 Å². The highest BCUT2D eigenvalue weighted by atomic mass is 16.5. The number of hydrogen-bond acceptors (Lipinski definition) is 4. The van der Waals surface area contributed by atoms with Gasteiger partial charge in [-0.1, -0.05) is 42.5 Å². The number of aromatic nitrogens is 2. The molecule has 1 saturated carbocycles. The molecule has 6 heteroatoms. The van der Waals surface area contributed by atoms with Gasteiger partial charge in [-0.25, -0.2) is 4.79 Å². The van der Waals surface area contributed by atoms with Crippen LogP contribution in [0.2, 0.25) is 0 Å². The SMILES string of the molecule is COc1cccc(-c2c(-c3ccccc3)nn(C[C@H]3CC[C@@H](COCC(=O)O)CC3)c2C)c1.